The molecule has 0 aliphatic carbocycles. The number of carbonyl (C=O) groups is 5. The van der Waals surface area contributed by atoms with E-state index in [-0.39, 0.29) is 41.9 Å². The van der Waals surface area contributed by atoms with Crippen molar-refractivity contribution in [2.45, 2.75) is 78.6 Å². The van der Waals surface area contributed by atoms with Gasteiger partial charge in [0, 0.05) is 18.3 Å². The van der Waals surface area contributed by atoms with E-state index in [1.54, 1.807) is 11.0 Å². The second-order valence-corrected chi connectivity index (χ2v) is 13.5. The van der Waals surface area contributed by atoms with Crippen molar-refractivity contribution in [1.29, 1.82) is 0 Å². The van der Waals surface area contributed by atoms with E-state index in [0.717, 1.165) is 10.4 Å². The Morgan fingerprint density at radius 2 is 1.66 bits per heavy atom. The van der Waals surface area contributed by atoms with Crippen LogP contribution in [0, 0.1) is 11.3 Å². The SMILES string of the molecule is CC(=O)NC(C(=O)N1CC(=O)C2C1CCN2C(=O)C(CC(C)C)NC(=O)c1ccc(-c2ccccc2)s1)C(C)(C)C. The van der Waals surface area contributed by atoms with Crippen LogP contribution < -0.4 is 10.6 Å². The van der Waals surface area contributed by atoms with E-state index in [4.69, 9.17) is 0 Å². The van der Waals surface area contributed by atoms with Crippen molar-refractivity contribution in [3.8, 4) is 10.4 Å². The minimum atomic E-state index is -0.803. The van der Waals surface area contributed by atoms with E-state index in [1.807, 2.05) is 71.0 Å². The summed E-state index contributed by atoms with van der Waals surface area (Å²) in [6.07, 6.45) is 0.874. The molecule has 4 rings (SSSR count). The number of rotatable bonds is 8. The number of carbonyl (C=O) groups excluding carboxylic acids is 5. The minimum absolute atomic E-state index is 0.108. The van der Waals surface area contributed by atoms with Crippen molar-refractivity contribution in [3.05, 3.63) is 47.3 Å². The number of nitrogens with one attached hydrogen (secondary N) is 2. The fraction of sp³-hybridized carbons (Fsp3) is 0.516. The number of thiophene rings is 1. The molecule has 0 bridgehead atoms. The molecule has 0 spiro atoms. The molecule has 220 valence electrons. The molecule has 3 heterocycles. The Bertz CT molecular complexity index is 1320. The predicted molar refractivity (Wildman–Crippen MR) is 158 cm³/mol. The van der Waals surface area contributed by atoms with Crippen LogP contribution in [0.3, 0.4) is 0 Å². The third-order valence-corrected chi connectivity index (χ3v) is 8.78. The van der Waals surface area contributed by atoms with Crippen LogP contribution in [0.2, 0.25) is 0 Å². The molecular formula is C31H40N4O5S. The fourth-order valence-electron chi connectivity index (χ4n) is 5.72. The fourth-order valence-corrected chi connectivity index (χ4v) is 6.63. The number of hydrogen-bond acceptors (Lipinski definition) is 6. The van der Waals surface area contributed by atoms with Gasteiger partial charge in [-0.3, -0.25) is 24.0 Å². The maximum Gasteiger partial charge on any atom is 0.262 e. The van der Waals surface area contributed by atoms with Crippen molar-refractivity contribution < 1.29 is 24.0 Å². The summed E-state index contributed by atoms with van der Waals surface area (Å²) >= 11 is 1.36. The van der Waals surface area contributed by atoms with Gasteiger partial charge in [0.15, 0.2) is 5.78 Å². The Hall–Kier alpha value is -3.53. The number of ketones is 1. The van der Waals surface area contributed by atoms with E-state index >= 15 is 0 Å². The Labute approximate surface area is 245 Å². The summed E-state index contributed by atoms with van der Waals surface area (Å²) in [6, 6.07) is 10.6. The third kappa shape index (κ3) is 6.69. The van der Waals surface area contributed by atoms with Crippen LogP contribution in [-0.2, 0) is 19.2 Å². The van der Waals surface area contributed by atoms with E-state index in [0.29, 0.717) is 24.3 Å². The first-order valence-electron chi connectivity index (χ1n) is 14.1. The lowest BCUT2D eigenvalue weighted by Crippen LogP contribution is -2.56. The standard InChI is InChI=1S/C31H40N4O5S/c1-18(2)16-21(33-28(38)25-13-12-24(41-25)20-10-8-7-9-11-20)29(39)34-15-14-22-26(34)23(37)17-35(22)30(40)27(31(4,5)6)32-19(3)36/h7-13,18,21-22,26-27H,14-17H2,1-6H3,(H,32,36)(H,33,38). The molecule has 1 aromatic carbocycles. The highest BCUT2D eigenvalue weighted by atomic mass is 32.1. The van der Waals surface area contributed by atoms with Gasteiger partial charge in [0.1, 0.15) is 18.1 Å². The molecule has 2 aromatic rings. The molecule has 0 radical (unpaired) electrons. The van der Waals surface area contributed by atoms with Crippen molar-refractivity contribution in [3.63, 3.8) is 0 Å². The minimum Gasteiger partial charge on any atom is -0.344 e. The molecule has 41 heavy (non-hydrogen) atoms. The van der Waals surface area contributed by atoms with Gasteiger partial charge in [0.2, 0.25) is 17.7 Å². The zero-order valence-electron chi connectivity index (χ0n) is 24.6. The zero-order valence-corrected chi connectivity index (χ0v) is 25.4. The highest BCUT2D eigenvalue weighted by Gasteiger charge is 2.53. The largest absolute Gasteiger partial charge is 0.344 e. The number of hydrogen-bond donors (Lipinski definition) is 2. The third-order valence-electron chi connectivity index (χ3n) is 7.65. The van der Waals surface area contributed by atoms with Crippen LogP contribution >= 0.6 is 11.3 Å². The molecule has 2 aliphatic heterocycles. The first kappa shape index (κ1) is 30.4. The van der Waals surface area contributed by atoms with Gasteiger partial charge in [-0.2, -0.15) is 0 Å². The van der Waals surface area contributed by atoms with E-state index in [1.165, 1.54) is 23.2 Å². The number of nitrogens with zero attached hydrogens (tertiary/aromatic N) is 2. The van der Waals surface area contributed by atoms with Crippen molar-refractivity contribution >= 4 is 40.7 Å². The highest BCUT2D eigenvalue weighted by Crippen LogP contribution is 2.33. The zero-order chi connectivity index (χ0) is 30.1. The number of Topliss-reactive ketones (excluding diaryl/α,β-unsaturated/α-hetero) is 1. The first-order valence-corrected chi connectivity index (χ1v) is 15.0. The van der Waals surface area contributed by atoms with Gasteiger partial charge in [0.05, 0.1) is 17.5 Å². The smallest absolute Gasteiger partial charge is 0.262 e. The van der Waals surface area contributed by atoms with Crippen molar-refractivity contribution in [2.75, 3.05) is 13.1 Å². The van der Waals surface area contributed by atoms with E-state index in [2.05, 4.69) is 10.6 Å². The predicted octanol–water partition coefficient (Wildman–Crippen LogP) is 3.49. The number of fused-ring (bicyclic) bond motifs is 1. The Morgan fingerprint density at radius 3 is 2.27 bits per heavy atom. The van der Waals surface area contributed by atoms with Gasteiger partial charge < -0.3 is 20.4 Å². The molecule has 10 heteroatoms. The molecule has 2 aliphatic rings. The maximum absolute atomic E-state index is 13.9. The number of benzene rings is 1. The van der Waals surface area contributed by atoms with Gasteiger partial charge in [0.25, 0.3) is 5.91 Å². The quantitative estimate of drug-likeness (QED) is 0.496. The molecule has 1 aromatic heterocycles. The van der Waals surface area contributed by atoms with Crippen molar-refractivity contribution in [1.82, 2.24) is 20.4 Å². The van der Waals surface area contributed by atoms with Crippen LogP contribution in [0.4, 0.5) is 0 Å². The molecule has 2 saturated heterocycles. The monoisotopic (exact) mass is 580 g/mol. The van der Waals surface area contributed by atoms with Crippen LogP contribution in [0.5, 0.6) is 0 Å². The molecule has 4 amide bonds. The molecule has 9 nitrogen and oxygen atoms in total. The van der Waals surface area contributed by atoms with Crippen molar-refractivity contribution in [2.24, 2.45) is 11.3 Å². The first-order chi connectivity index (χ1) is 19.3. The highest BCUT2D eigenvalue weighted by molar-refractivity contribution is 7.17. The van der Waals surface area contributed by atoms with Gasteiger partial charge in [-0.15, -0.1) is 11.3 Å². The summed E-state index contributed by atoms with van der Waals surface area (Å²) in [7, 11) is 0. The summed E-state index contributed by atoms with van der Waals surface area (Å²) in [5, 5.41) is 5.68. The normalized spacial score (nSPS) is 20.1. The summed E-state index contributed by atoms with van der Waals surface area (Å²) in [4.78, 5) is 70.3. The van der Waals surface area contributed by atoms with Gasteiger partial charge >= 0.3 is 0 Å². The van der Waals surface area contributed by atoms with Gasteiger partial charge in [-0.05, 0) is 41.9 Å². The molecule has 2 fully saturated rings. The topological polar surface area (TPSA) is 116 Å². The second-order valence-electron chi connectivity index (χ2n) is 12.5. The number of likely N-dealkylation sites (tertiary alicyclic amines) is 2. The summed E-state index contributed by atoms with van der Waals surface area (Å²) in [5.74, 6) is -1.36. The van der Waals surface area contributed by atoms with Gasteiger partial charge in [-0.1, -0.05) is 65.0 Å². The Kier molecular flexibility index (Phi) is 9.01. The van der Waals surface area contributed by atoms with Crippen LogP contribution in [0.1, 0.15) is 64.1 Å². The average Bonchev–Trinajstić information content (AvgIpc) is 3.63. The lowest BCUT2D eigenvalue weighted by atomic mass is 9.85. The maximum atomic E-state index is 13.9. The van der Waals surface area contributed by atoms with Crippen LogP contribution in [0.25, 0.3) is 10.4 Å². The second kappa shape index (κ2) is 12.1. The van der Waals surface area contributed by atoms with Crippen LogP contribution in [0.15, 0.2) is 42.5 Å². The molecule has 2 N–H and O–H groups in total. The Morgan fingerprint density at radius 1 is 0.976 bits per heavy atom. The summed E-state index contributed by atoms with van der Waals surface area (Å²) < 4.78 is 0. The molecule has 4 atom stereocenters. The lowest BCUT2D eigenvalue weighted by Gasteiger charge is -2.35. The van der Waals surface area contributed by atoms with E-state index < -0.39 is 29.6 Å². The Balaban J connectivity index is 1.50. The molecular weight excluding hydrogens is 540 g/mol. The summed E-state index contributed by atoms with van der Waals surface area (Å²) in [5.41, 5.74) is 0.452. The number of amides is 4. The van der Waals surface area contributed by atoms with Crippen LogP contribution in [-0.4, -0.2) is 76.5 Å². The van der Waals surface area contributed by atoms with Gasteiger partial charge in [-0.25, -0.2) is 0 Å². The average molecular weight is 581 g/mol. The van der Waals surface area contributed by atoms with E-state index in [9.17, 15) is 24.0 Å². The lowest BCUT2D eigenvalue weighted by molar-refractivity contribution is -0.140. The molecule has 4 unspecified atom stereocenters. The summed E-state index contributed by atoms with van der Waals surface area (Å²) in [6.45, 7) is 11.1. The molecule has 0 saturated carbocycles.